The maximum Gasteiger partial charge on any atom is 0.184 e. The molecule has 38 valence electrons. The lowest BCUT2D eigenvalue weighted by atomic mass is 10.7. The highest BCUT2D eigenvalue weighted by molar-refractivity contribution is 6.27. The summed E-state index contributed by atoms with van der Waals surface area (Å²) >= 11 is 0. The number of aliphatic imine (C=N–C) groups is 1. The van der Waals surface area contributed by atoms with Crippen molar-refractivity contribution in [2.24, 2.45) is 4.99 Å². The molecule has 0 bridgehead atoms. The Morgan fingerprint density at radius 2 is 2.71 bits per heavy atom. The number of aldehydes is 1. The van der Waals surface area contributed by atoms with Crippen LogP contribution in [0.4, 0.5) is 0 Å². The van der Waals surface area contributed by atoms with Crippen molar-refractivity contribution in [3.05, 3.63) is 0 Å². The third kappa shape index (κ3) is 0.765. The first-order chi connectivity index (χ1) is 3.43. The van der Waals surface area contributed by atoms with Gasteiger partial charge in [-0.2, -0.15) is 0 Å². The third-order valence-electron chi connectivity index (χ3n) is 0.812. The van der Waals surface area contributed by atoms with Gasteiger partial charge in [-0.1, -0.05) is 0 Å². The van der Waals surface area contributed by atoms with Crippen molar-refractivity contribution in [1.29, 1.82) is 0 Å². The highest BCUT2D eigenvalue weighted by Gasteiger charge is 1.99. The molecule has 1 rings (SSSR count). The van der Waals surface area contributed by atoms with Crippen LogP contribution in [-0.4, -0.2) is 25.2 Å². The first kappa shape index (κ1) is 4.30. The second-order valence-corrected chi connectivity index (χ2v) is 1.31. The Morgan fingerprint density at radius 1 is 1.86 bits per heavy atom. The SMILES string of the molecule is O=CC1=NCCN1. The lowest BCUT2D eigenvalue weighted by Gasteiger charge is -1.84. The van der Waals surface area contributed by atoms with Gasteiger partial charge in [-0.3, -0.25) is 9.79 Å². The van der Waals surface area contributed by atoms with E-state index >= 15 is 0 Å². The molecule has 3 heteroatoms. The van der Waals surface area contributed by atoms with E-state index in [4.69, 9.17) is 0 Å². The van der Waals surface area contributed by atoms with Crippen molar-refractivity contribution in [2.45, 2.75) is 0 Å². The molecule has 0 saturated heterocycles. The van der Waals surface area contributed by atoms with Crippen LogP contribution in [0.3, 0.4) is 0 Å². The summed E-state index contributed by atoms with van der Waals surface area (Å²) < 4.78 is 0. The van der Waals surface area contributed by atoms with E-state index in [0.717, 1.165) is 19.4 Å². The van der Waals surface area contributed by atoms with Gasteiger partial charge in [0.05, 0.1) is 6.54 Å². The minimum Gasteiger partial charge on any atom is -0.366 e. The van der Waals surface area contributed by atoms with Crippen molar-refractivity contribution in [1.82, 2.24) is 5.32 Å². The molecule has 3 nitrogen and oxygen atoms in total. The van der Waals surface area contributed by atoms with Crippen molar-refractivity contribution in [3.8, 4) is 0 Å². The first-order valence-electron chi connectivity index (χ1n) is 2.17. The molecular weight excluding hydrogens is 92.1 g/mol. The predicted octanol–water partition coefficient (Wildman–Crippen LogP) is -0.813. The quantitative estimate of drug-likeness (QED) is 0.436. The summed E-state index contributed by atoms with van der Waals surface area (Å²) in [5, 5.41) is 2.79. The van der Waals surface area contributed by atoms with Gasteiger partial charge in [0.1, 0.15) is 0 Å². The zero-order valence-corrected chi connectivity index (χ0v) is 3.85. The van der Waals surface area contributed by atoms with Crippen LogP contribution in [0.25, 0.3) is 0 Å². The second kappa shape index (κ2) is 1.73. The van der Waals surface area contributed by atoms with E-state index in [1.54, 1.807) is 0 Å². The molecule has 0 atom stereocenters. The standard InChI is InChI=1S/C4H6N2O/c7-3-4-5-1-2-6-4/h3H,1-2H2,(H,5,6). The van der Waals surface area contributed by atoms with Gasteiger partial charge in [-0.25, -0.2) is 0 Å². The highest BCUT2D eigenvalue weighted by atomic mass is 16.1. The Morgan fingerprint density at radius 3 is 3.00 bits per heavy atom. The van der Waals surface area contributed by atoms with Gasteiger partial charge in [0.15, 0.2) is 12.1 Å². The van der Waals surface area contributed by atoms with E-state index in [2.05, 4.69) is 10.3 Å². The fraction of sp³-hybridized carbons (Fsp3) is 0.500. The van der Waals surface area contributed by atoms with Crippen LogP contribution in [0.1, 0.15) is 0 Å². The molecule has 0 aromatic heterocycles. The lowest BCUT2D eigenvalue weighted by molar-refractivity contribution is -0.102. The molecule has 0 aromatic rings. The predicted molar refractivity (Wildman–Crippen MR) is 26.4 cm³/mol. The van der Waals surface area contributed by atoms with Crippen LogP contribution < -0.4 is 5.32 Å². The maximum absolute atomic E-state index is 9.81. The van der Waals surface area contributed by atoms with E-state index in [-0.39, 0.29) is 0 Å². The maximum atomic E-state index is 9.81. The number of carbonyl (C=O) groups is 1. The lowest BCUT2D eigenvalue weighted by Crippen LogP contribution is -2.18. The molecule has 0 amide bonds. The second-order valence-electron chi connectivity index (χ2n) is 1.31. The van der Waals surface area contributed by atoms with Crippen LogP contribution in [0.5, 0.6) is 0 Å². The summed E-state index contributed by atoms with van der Waals surface area (Å²) in [4.78, 5) is 13.6. The smallest absolute Gasteiger partial charge is 0.184 e. The molecule has 1 aliphatic heterocycles. The number of amidine groups is 1. The zero-order valence-electron chi connectivity index (χ0n) is 3.85. The first-order valence-corrected chi connectivity index (χ1v) is 2.17. The van der Waals surface area contributed by atoms with Crippen LogP contribution in [0.2, 0.25) is 0 Å². The Kier molecular flexibility index (Phi) is 1.06. The summed E-state index contributed by atoms with van der Waals surface area (Å²) in [6.45, 7) is 1.56. The van der Waals surface area contributed by atoms with E-state index < -0.39 is 0 Å². The van der Waals surface area contributed by atoms with Crippen molar-refractivity contribution < 1.29 is 4.79 Å². The van der Waals surface area contributed by atoms with Gasteiger partial charge in [0.25, 0.3) is 0 Å². The minimum absolute atomic E-state index is 0.486. The number of rotatable bonds is 1. The minimum atomic E-state index is 0.486. The molecule has 0 fully saturated rings. The largest absolute Gasteiger partial charge is 0.366 e. The van der Waals surface area contributed by atoms with Gasteiger partial charge < -0.3 is 5.32 Å². The van der Waals surface area contributed by atoms with Crippen molar-refractivity contribution in [2.75, 3.05) is 13.1 Å². The fourth-order valence-corrected chi connectivity index (χ4v) is 0.495. The molecule has 0 aromatic carbocycles. The van der Waals surface area contributed by atoms with Crippen LogP contribution in [0, 0.1) is 0 Å². The third-order valence-corrected chi connectivity index (χ3v) is 0.812. The molecule has 7 heavy (non-hydrogen) atoms. The summed E-state index contributed by atoms with van der Waals surface area (Å²) in [7, 11) is 0. The topological polar surface area (TPSA) is 41.5 Å². The van der Waals surface area contributed by atoms with E-state index in [1.165, 1.54) is 0 Å². The molecule has 0 radical (unpaired) electrons. The molecular formula is C4H6N2O. The van der Waals surface area contributed by atoms with Crippen LogP contribution in [0.15, 0.2) is 4.99 Å². The molecule has 1 heterocycles. The van der Waals surface area contributed by atoms with Gasteiger partial charge in [0, 0.05) is 6.54 Å². The molecule has 1 N–H and O–H groups in total. The summed E-state index contributed by atoms with van der Waals surface area (Å²) in [5.41, 5.74) is 0. The highest BCUT2D eigenvalue weighted by Crippen LogP contribution is 1.78. The average Bonchev–Trinajstić information content (AvgIpc) is 2.14. The van der Waals surface area contributed by atoms with Crippen molar-refractivity contribution in [3.63, 3.8) is 0 Å². The summed E-state index contributed by atoms with van der Waals surface area (Å²) in [6, 6.07) is 0. The van der Waals surface area contributed by atoms with E-state index in [1.807, 2.05) is 0 Å². The van der Waals surface area contributed by atoms with E-state index in [9.17, 15) is 4.79 Å². The molecule has 0 aliphatic carbocycles. The Hall–Kier alpha value is -0.860. The number of hydrogen-bond donors (Lipinski definition) is 1. The molecule has 1 aliphatic rings. The van der Waals surface area contributed by atoms with E-state index in [0.29, 0.717) is 5.84 Å². The Labute approximate surface area is 41.4 Å². The van der Waals surface area contributed by atoms with Gasteiger partial charge in [-0.05, 0) is 0 Å². The number of hydrogen-bond acceptors (Lipinski definition) is 3. The average molecular weight is 98.1 g/mol. The Bertz CT molecular complexity index is 108. The van der Waals surface area contributed by atoms with Crippen LogP contribution >= 0.6 is 0 Å². The van der Waals surface area contributed by atoms with Gasteiger partial charge >= 0.3 is 0 Å². The molecule has 0 spiro atoms. The number of nitrogens with one attached hydrogen (secondary N) is 1. The fourth-order valence-electron chi connectivity index (χ4n) is 0.495. The summed E-state index contributed by atoms with van der Waals surface area (Å²) in [5.74, 6) is 0.486. The number of nitrogens with zero attached hydrogens (tertiary/aromatic N) is 1. The van der Waals surface area contributed by atoms with Gasteiger partial charge in [0.2, 0.25) is 0 Å². The van der Waals surface area contributed by atoms with Gasteiger partial charge in [-0.15, -0.1) is 0 Å². The normalized spacial score (nSPS) is 18.0. The Balaban J connectivity index is 2.51. The van der Waals surface area contributed by atoms with Crippen LogP contribution in [-0.2, 0) is 4.79 Å². The monoisotopic (exact) mass is 98.0 g/mol. The molecule has 0 unspecified atom stereocenters. The molecule has 0 saturated carbocycles. The summed E-state index contributed by atoms with van der Waals surface area (Å²) in [6.07, 6.45) is 0.729. The number of carbonyl (C=O) groups excluding carboxylic acids is 1. The zero-order chi connectivity index (χ0) is 5.11. The van der Waals surface area contributed by atoms with Crippen molar-refractivity contribution >= 4 is 12.1 Å².